The number of ether oxygens (including phenoxy) is 1. The molecule has 0 atom stereocenters. The fourth-order valence-electron chi connectivity index (χ4n) is 5.26. The number of halogens is 1. The summed E-state index contributed by atoms with van der Waals surface area (Å²) in [6, 6.07) is 16.5. The molecule has 6 aromatic rings. The molecule has 2 N–H and O–H groups in total. The van der Waals surface area contributed by atoms with Crippen molar-refractivity contribution in [3.05, 3.63) is 79.0 Å². The van der Waals surface area contributed by atoms with Crippen LogP contribution in [-0.4, -0.2) is 61.3 Å². The predicted molar refractivity (Wildman–Crippen MR) is 149 cm³/mol. The van der Waals surface area contributed by atoms with Crippen LogP contribution in [0.5, 0.6) is 5.75 Å². The third kappa shape index (κ3) is 4.61. The van der Waals surface area contributed by atoms with Crippen molar-refractivity contribution < 1.29 is 9.13 Å². The third-order valence-corrected chi connectivity index (χ3v) is 7.21. The fourth-order valence-corrected chi connectivity index (χ4v) is 5.26. The molecule has 1 aliphatic heterocycles. The average molecular weight is 520 g/mol. The van der Waals surface area contributed by atoms with Crippen LogP contribution in [-0.2, 0) is 0 Å². The summed E-state index contributed by atoms with van der Waals surface area (Å²) in [7, 11) is 0. The zero-order valence-electron chi connectivity index (χ0n) is 21.2. The molecule has 1 fully saturated rings. The van der Waals surface area contributed by atoms with Crippen molar-refractivity contribution in [3.8, 4) is 39.7 Å². The zero-order valence-corrected chi connectivity index (χ0v) is 21.2. The molecule has 8 nitrogen and oxygen atoms in total. The minimum Gasteiger partial charge on any atom is -0.492 e. The lowest BCUT2D eigenvalue weighted by Gasteiger charge is -2.15. The number of nitrogens with one attached hydrogen (secondary N) is 2. The summed E-state index contributed by atoms with van der Waals surface area (Å²) >= 11 is 0. The van der Waals surface area contributed by atoms with Crippen LogP contribution in [0.2, 0.25) is 0 Å². The minimum absolute atomic E-state index is 0.357. The van der Waals surface area contributed by atoms with Gasteiger partial charge in [0, 0.05) is 53.2 Å². The second-order valence-corrected chi connectivity index (χ2v) is 9.78. The average Bonchev–Trinajstić information content (AvgIpc) is 3.72. The standard InChI is InChI=1S/C30H26FN7O/c31-21-15-20(16-22(17-21)39-14-13-38-11-1-2-12-38)28-23-18-27(34-25(23)7-10-33-28)30-29-26(36-37-30)4-3-24(35-29)19-5-8-32-9-6-19/h3-10,15-18,34H,1-2,11-14H2,(H,36,37). The topological polar surface area (TPSA) is 95.6 Å². The molecule has 1 aromatic carbocycles. The number of fused-ring (bicyclic) bond motifs is 2. The van der Waals surface area contributed by atoms with Crippen LogP contribution in [0.4, 0.5) is 4.39 Å². The molecule has 39 heavy (non-hydrogen) atoms. The van der Waals surface area contributed by atoms with E-state index in [1.165, 1.54) is 25.0 Å². The van der Waals surface area contributed by atoms with Gasteiger partial charge < -0.3 is 9.72 Å². The summed E-state index contributed by atoms with van der Waals surface area (Å²) in [6.45, 7) is 3.57. The highest BCUT2D eigenvalue weighted by Gasteiger charge is 2.17. The Morgan fingerprint density at radius 3 is 2.62 bits per heavy atom. The van der Waals surface area contributed by atoms with Crippen molar-refractivity contribution in [2.24, 2.45) is 0 Å². The molecule has 5 aromatic heterocycles. The SMILES string of the molecule is Fc1cc(OCCN2CCCC2)cc(-c2nccc3[nH]c(-c4n[nH]c5ccc(-c6ccncc6)nc45)cc23)c1. The fraction of sp³-hybridized carbons (Fsp3) is 0.200. The van der Waals surface area contributed by atoms with Crippen LogP contribution in [0, 0.1) is 5.82 Å². The molecule has 0 bridgehead atoms. The number of likely N-dealkylation sites (tertiary alicyclic amines) is 1. The van der Waals surface area contributed by atoms with Gasteiger partial charge in [0.1, 0.15) is 29.4 Å². The van der Waals surface area contributed by atoms with E-state index in [2.05, 4.69) is 30.0 Å². The lowest BCUT2D eigenvalue weighted by atomic mass is 10.1. The minimum atomic E-state index is -0.357. The monoisotopic (exact) mass is 519 g/mol. The summed E-state index contributed by atoms with van der Waals surface area (Å²) in [5.41, 5.74) is 7.10. The maximum absolute atomic E-state index is 14.7. The lowest BCUT2D eigenvalue weighted by Crippen LogP contribution is -2.25. The van der Waals surface area contributed by atoms with E-state index in [0.717, 1.165) is 58.5 Å². The summed E-state index contributed by atoms with van der Waals surface area (Å²) in [6.07, 6.45) is 7.68. The molecular formula is C30H26FN7O. The van der Waals surface area contributed by atoms with E-state index >= 15 is 0 Å². The van der Waals surface area contributed by atoms with Crippen molar-refractivity contribution in [2.75, 3.05) is 26.2 Å². The van der Waals surface area contributed by atoms with Gasteiger partial charge in [-0.1, -0.05) is 0 Å². The highest BCUT2D eigenvalue weighted by atomic mass is 19.1. The number of nitrogens with zero attached hydrogens (tertiary/aromatic N) is 5. The Balaban J connectivity index is 1.23. The first-order valence-corrected chi connectivity index (χ1v) is 13.1. The number of H-pyrrole nitrogens is 2. The van der Waals surface area contributed by atoms with Crippen molar-refractivity contribution in [2.45, 2.75) is 12.8 Å². The molecule has 0 radical (unpaired) electrons. The molecule has 7 rings (SSSR count). The van der Waals surface area contributed by atoms with Gasteiger partial charge in [-0.25, -0.2) is 9.37 Å². The van der Waals surface area contributed by atoms with E-state index in [-0.39, 0.29) is 5.82 Å². The predicted octanol–water partition coefficient (Wildman–Crippen LogP) is 5.84. The Labute approximate surface area is 223 Å². The third-order valence-electron chi connectivity index (χ3n) is 7.21. The van der Waals surface area contributed by atoms with Gasteiger partial charge in [-0.3, -0.25) is 20.0 Å². The molecule has 0 amide bonds. The molecule has 0 saturated carbocycles. The Hall–Kier alpha value is -4.63. The van der Waals surface area contributed by atoms with Gasteiger partial charge in [0.2, 0.25) is 0 Å². The number of hydrogen-bond donors (Lipinski definition) is 2. The maximum atomic E-state index is 14.7. The molecule has 9 heteroatoms. The van der Waals surface area contributed by atoms with Gasteiger partial charge in [0.15, 0.2) is 0 Å². The highest BCUT2D eigenvalue weighted by Crippen LogP contribution is 2.34. The van der Waals surface area contributed by atoms with Gasteiger partial charge in [-0.2, -0.15) is 5.10 Å². The van der Waals surface area contributed by atoms with Gasteiger partial charge >= 0.3 is 0 Å². The number of aromatic nitrogens is 6. The molecular weight excluding hydrogens is 493 g/mol. The zero-order chi connectivity index (χ0) is 26.2. The number of rotatable bonds is 7. The number of benzene rings is 1. The van der Waals surface area contributed by atoms with Crippen LogP contribution in [0.15, 0.2) is 73.2 Å². The molecule has 0 spiro atoms. The Morgan fingerprint density at radius 2 is 1.74 bits per heavy atom. The van der Waals surface area contributed by atoms with Gasteiger partial charge in [0.25, 0.3) is 0 Å². The Kier molecular flexibility index (Phi) is 5.97. The van der Waals surface area contributed by atoms with Crippen LogP contribution in [0.3, 0.4) is 0 Å². The lowest BCUT2D eigenvalue weighted by molar-refractivity contribution is 0.237. The van der Waals surface area contributed by atoms with Crippen molar-refractivity contribution in [1.29, 1.82) is 0 Å². The van der Waals surface area contributed by atoms with Gasteiger partial charge in [0.05, 0.1) is 22.6 Å². The normalized spacial score (nSPS) is 14.0. The van der Waals surface area contributed by atoms with E-state index in [9.17, 15) is 4.39 Å². The number of pyridine rings is 3. The van der Waals surface area contributed by atoms with Crippen LogP contribution in [0.25, 0.3) is 55.8 Å². The number of aromatic amines is 2. The Morgan fingerprint density at radius 1 is 0.872 bits per heavy atom. The second-order valence-electron chi connectivity index (χ2n) is 9.78. The molecule has 194 valence electrons. The summed E-state index contributed by atoms with van der Waals surface area (Å²) in [5.74, 6) is 0.147. The summed E-state index contributed by atoms with van der Waals surface area (Å²) < 4.78 is 20.6. The van der Waals surface area contributed by atoms with Crippen molar-refractivity contribution in [3.63, 3.8) is 0 Å². The highest BCUT2D eigenvalue weighted by molar-refractivity contribution is 5.99. The largest absolute Gasteiger partial charge is 0.492 e. The van der Waals surface area contributed by atoms with Gasteiger partial charge in [-0.15, -0.1) is 0 Å². The maximum Gasteiger partial charge on any atom is 0.135 e. The molecule has 1 saturated heterocycles. The van der Waals surface area contributed by atoms with E-state index < -0.39 is 0 Å². The molecule has 0 unspecified atom stereocenters. The van der Waals surface area contributed by atoms with E-state index in [4.69, 9.17) is 9.72 Å². The summed E-state index contributed by atoms with van der Waals surface area (Å²) in [5, 5.41) is 8.50. The molecule has 6 heterocycles. The van der Waals surface area contributed by atoms with Crippen LogP contribution >= 0.6 is 0 Å². The first-order valence-electron chi connectivity index (χ1n) is 13.1. The Bertz CT molecular complexity index is 1770. The first kappa shape index (κ1) is 23.5. The van der Waals surface area contributed by atoms with E-state index in [0.29, 0.717) is 29.3 Å². The molecule has 1 aliphatic rings. The summed E-state index contributed by atoms with van der Waals surface area (Å²) in [4.78, 5) is 19.4. The second kappa shape index (κ2) is 9.92. The quantitative estimate of drug-likeness (QED) is 0.275. The van der Waals surface area contributed by atoms with Crippen molar-refractivity contribution in [1.82, 2.24) is 35.0 Å². The first-order chi connectivity index (χ1) is 19.2. The van der Waals surface area contributed by atoms with E-state index in [1.807, 2.05) is 42.5 Å². The van der Waals surface area contributed by atoms with Gasteiger partial charge in [-0.05, 0) is 74.5 Å². The van der Waals surface area contributed by atoms with Crippen molar-refractivity contribution >= 4 is 21.9 Å². The van der Waals surface area contributed by atoms with E-state index in [1.54, 1.807) is 18.6 Å². The van der Waals surface area contributed by atoms with Crippen LogP contribution in [0.1, 0.15) is 12.8 Å². The number of hydrogen-bond acceptors (Lipinski definition) is 6. The van der Waals surface area contributed by atoms with Crippen LogP contribution < -0.4 is 4.74 Å². The molecule has 0 aliphatic carbocycles. The smallest absolute Gasteiger partial charge is 0.135 e.